The van der Waals surface area contributed by atoms with E-state index in [1.807, 2.05) is 79.1 Å². The summed E-state index contributed by atoms with van der Waals surface area (Å²) in [5.41, 5.74) is 4.10. The number of likely N-dealkylation sites (tertiary alicyclic amines) is 1. The number of aromatic nitrogens is 1. The molecule has 5 rings (SSSR count). The molecule has 2 heterocycles. The lowest BCUT2D eigenvalue weighted by Gasteiger charge is -2.28. The molecule has 0 radical (unpaired) electrons. The van der Waals surface area contributed by atoms with Crippen LogP contribution in [0.1, 0.15) is 74.3 Å². The van der Waals surface area contributed by atoms with E-state index < -0.39 is 18.0 Å². The van der Waals surface area contributed by atoms with Crippen molar-refractivity contribution >= 4 is 17.5 Å². The van der Waals surface area contributed by atoms with Gasteiger partial charge in [0, 0.05) is 42.1 Å². The Labute approximate surface area is 270 Å². The molecule has 0 aliphatic carbocycles. The predicted octanol–water partition coefficient (Wildman–Crippen LogP) is 7.24. The first kappa shape index (κ1) is 33.1. The fraction of sp³-hybridized carbons (Fsp3) is 0.368. The van der Waals surface area contributed by atoms with Gasteiger partial charge in [-0.3, -0.25) is 9.59 Å². The zero-order valence-corrected chi connectivity index (χ0v) is 26.7. The van der Waals surface area contributed by atoms with Gasteiger partial charge in [-0.2, -0.15) is 0 Å². The number of aliphatic hydroxyl groups excluding tert-OH is 2. The van der Waals surface area contributed by atoms with Gasteiger partial charge in [0.2, 0.25) is 5.91 Å². The molecular formula is C38H44FN3O4. The summed E-state index contributed by atoms with van der Waals surface area (Å²) < 4.78 is 17.6. The highest BCUT2D eigenvalue weighted by Crippen LogP contribution is 2.43. The highest BCUT2D eigenvalue weighted by atomic mass is 19.1. The normalized spacial score (nSPS) is 14.7. The molecule has 2 unspecified atom stereocenters. The van der Waals surface area contributed by atoms with Crippen LogP contribution in [0.3, 0.4) is 0 Å². The van der Waals surface area contributed by atoms with Crippen molar-refractivity contribution in [2.45, 2.75) is 77.0 Å². The lowest BCUT2D eigenvalue weighted by Crippen LogP contribution is -2.37. The number of piperidine rings is 1. The highest BCUT2D eigenvalue weighted by Gasteiger charge is 2.32. The minimum absolute atomic E-state index is 0.0275. The summed E-state index contributed by atoms with van der Waals surface area (Å²) in [5, 5.41) is 24.9. The van der Waals surface area contributed by atoms with Crippen LogP contribution in [0.2, 0.25) is 0 Å². The van der Waals surface area contributed by atoms with E-state index in [4.69, 9.17) is 0 Å². The largest absolute Gasteiger partial charge is 0.393 e. The number of carbonyl (C=O) groups is 2. The maximum atomic E-state index is 15.7. The minimum Gasteiger partial charge on any atom is -0.393 e. The zero-order chi connectivity index (χ0) is 32.6. The van der Waals surface area contributed by atoms with Gasteiger partial charge in [-0.25, -0.2) is 4.39 Å². The maximum Gasteiger partial charge on any atom is 0.258 e. The predicted molar refractivity (Wildman–Crippen MR) is 180 cm³/mol. The summed E-state index contributed by atoms with van der Waals surface area (Å²) in [6.07, 6.45) is 1.41. The first-order valence-corrected chi connectivity index (χ1v) is 16.3. The number of benzene rings is 3. The van der Waals surface area contributed by atoms with Gasteiger partial charge >= 0.3 is 0 Å². The number of hydrogen-bond acceptors (Lipinski definition) is 4. The first-order chi connectivity index (χ1) is 22.2. The Balaban J connectivity index is 1.53. The molecule has 8 heteroatoms. The van der Waals surface area contributed by atoms with E-state index in [0.717, 1.165) is 30.5 Å². The number of para-hydroxylation sites is 1. The van der Waals surface area contributed by atoms with Crippen molar-refractivity contribution < 1.29 is 24.2 Å². The lowest BCUT2D eigenvalue weighted by molar-refractivity contribution is -0.134. The van der Waals surface area contributed by atoms with Crippen LogP contribution in [0, 0.1) is 5.82 Å². The number of anilines is 1. The Kier molecular flexibility index (Phi) is 11.0. The second-order valence-corrected chi connectivity index (χ2v) is 12.4. The van der Waals surface area contributed by atoms with E-state index in [9.17, 15) is 19.8 Å². The van der Waals surface area contributed by atoms with Crippen LogP contribution in [0.5, 0.6) is 0 Å². The number of carbonyl (C=O) groups excluding carboxylic acids is 2. The molecule has 1 aromatic heterocycles. The quantitative estimate of drug-likeness (QED) is 0.155. The van der Waals surface area contributed by atoms with Crippen LogP contribution in [-0.4, -0.2) is 56.8 Å². The van der Waals surface area contributed by atoms with Crippen LogP contribution in [0.15, 0.2) is 84.9 Å². The number of rotatable bonds is 12. The third-order valence-corrected chi connectivity index (χ3v) is 8.65. The average molecular weight is 626 g/mol. The maximum absolute atomic E-state index is 15.7. The van der Waals surface area contributed by atoms with E-state index in [1.54, 1.807) is 23.1 Å². The number of halogens is 1. The van der Waals surface area contributed by atoms with E-state index in [2.05, 4.69) is 5.32 Å². The van der Waals surface area contributed by atoms with E-state index in [0.29, 0.717) is 41.2 Å². The highest BCUT2D eigenvalue weighted by molar-refractivity contribution is 6.12. The number of nitrogens with one attached hydrogen (secondary N) is 1. The standard InChI is InChI=1S/C38H44FN3O4/c1-26(2)36-35(38(46)40-28-16-8-4-9-17-28)34(27-14-6-3-7-15-27)37(31-18-10-11-19-32(31)39)42(36)23-20-29(43)24-30(44)25-33(45)41-21-12-5-13-22-41/h3-4,6-11,14-19,26,29-30,43-44H,5,12-13,20-25H2,1-2H3,(H,40,46). The number of nitrogens with zero attached hydrogens (tertiary/aromatic N) is 2. The topological polar surface area (TPSA) is 94.8 Å². The summed E-state index contributed by atoms with van der Waals surface area (Å²) in [7, 11) is 0. The Hall–Kier alpha value is -4.27. The van der Waals surface area contributed by atoms with Gasteiger partial charge in [-0.15, -0.1) is 0 Å². The summed E-state index contributed by atoms with van der Waals surface area (Å²) in [4.78, 5) is 28.7. The van der Waals surface area contributed by atoms with Gasteiger partial charge in [-0.05, 0) is 67.9 Å². The van der Waals surface area contributed by atoms with Crippen molar-refractivity contribution in [3.63, 3.8) is 0 Å². The van der Waals surface area contributed by atoms with Gasteiger partial charge in [-0.1, -0.05) is 74.5 Å². The molecular weight excluding hydrogens is 581 g/mol. The van der Waals surface area contributed by atoms with Crippen LogP contribution >= 0.6 is 0 Å². The fourth-order valence-electron chi connectivity index (χ4n) is 6.50. The molecule has 0 spiro atoms. The lowest BCUT2D eigenvalue weighted by atomic mass is 9.94. The molecule has 0 saturated carbocycles. The molecule has 3 aromatic carbocycles. The molecule has 2 atom stereocenters. The molecule has 0 bridgehead atoms. The molecule has 1 aliphatic heterocycles. The fourth-order valence-corrected chi connectivity index (χ4v) is 6.50. The third-order valence-electron chi connectivity index (χ3n) is 8.65. The van der Waals surface area contributed by atoms with Gasteiger partial charge in [0.15, 0.2) is 0 Å². The second-order valence-electron chi connectivity index (χ2n) is 12.4. The SMILES string of the molecule is CC(C)c1c(C(=O)Nc2ccccc2)c(-c2ccccc2)c(-c2ccccc2F)n1CCC(O)CC(O)CC(=O)N1CCCCC1. The van der Waals surface area contributed by atoms with Gasteiger partial charge in [0.1, 0.15) is 5.82 Å². The van der Waals surface area contributed by atoms with Gasteiger partial charge in [0.05, 0.1) is 29.9 Å². The molecule has 1 aliphatic rings. The van der Waals surface area contributed by atoms with Gasteiger partial charge < -0.3 is 25.0 Å². The van der Waals surface area contributed by atoms with E-state index in [-0.39, 0.29) is 43.5 Å². The number of aliphatic hydroxyl groups is 2. The molecule has 1 saturated heterocycles. The van der Waals surface area contributed by atoms with Crippen LogP contribution in [-0.2, 0) is 11.3 Å². The average Bonchev–Trinajstić information content (AvgIpc) is 3.40. The molecule has 1 fully saturated rings. The second kappa shape index (κ2) is 15.3. The monoisotopic (exact) mass is 625 g/mol. The minimum atomic E-state index is -0.975. The Bertz CT molecular complexity index is 1610. The smallest absolute Gasteiger partial charge is 0.258 e. The molecule has 7 nitrogen and oxygen atoms in total. The van der Waals surface area contributed by atoms with Crippen LogP contribution in [0.4, 0.5) is 10.1 Å². The van der Waals surface area contributed by atoms with Crippen molar-refractivity contribution in [3.05, 3.63) is 102 Å². The van der Waals surface area contributed by atoms with Crippen molar-refractivity contribution in [2.24, 2.45) is 0 Å². The number of hydrogen-bond donors (Lipinski definition) is 3. The molecule has 4 aromatic rings. The molecule has 2 amide bonds. The van der Waals surface area contributed by atoms with E-state index >= 15 is 4.39 Å². The third kappa shape index (κ3) is 7.74. The molecule has 242 valence electrons. The Morgan fingerprint density at radius 2 is 1.48 bits per heavy atom. The Morgan fingerprint density at radius 1 is 0.848 bits per heavy atom. The van der Waals surface area contributed by atoms with Gasteiger partial charge in [0.25, 0.3) is 5.91 Å². The van der Waals surface area contributed by atoms with Crippen LogP contribution in [0.25, 0.3) is 22.4 Å². The van der Waals surface area contributed by atoms with Crippen molar-refractivity contribution in [2.75, 3.05) is 18.4 Å². The van der Waals surface area contributed by atoms with Crippen molar-refractivity contribution in [1.82, 2.24) is 9.47 Å². The number of amides is 2. The molecule has 3 N–H and O–H groups in total. The van der Waals surface area contributed by atoms with E-state index in [1.165, 1.54) is 6.07 Å². The summed E-state index contributed by atoms with van der Waals surface area (Å²) >= 11 is 0. The summed E-state index contributed by atoms with van der Waals surface area (Å²) in [5.74, 6) is -0.951. The van der Waals surface area contributed by atoms with Crippen LogP contribution < -0.4 is 5.32 Å². The summed E-state index contributed by atoms with van der Waals surface area (Å²) in [6, 6.07) is 25.3. The summed E-state index contributed by atoms with van der Waals surface area (Å²) in [6.45, 7) is 5.68. The Morgan fingerprint density at radius 3 is 2.13 bits per heavy atom. The zero-order valence-electron chi connectivity index (χ0n) is 26.7. The molecule has 46 heavy (non-hydrogen) atoms. The van der Waals surface area contributed by atoms with Crippen molar-refractivity contribution in [1.29, 1.82) is 0 Å². The van der Waals surface area contributed by atoms with Crippen molar-refractivity contribution in [3.8, 4) is 22.4 Å². The first-order valence-electron chi connectivity index (χ1n) is 16.3.